The SMILES string of the molecule is CC/C=C/C=C/C=C/CCCCCCCCCC(=O)OC(/C=C\CCCCCCCCCCC)C(COP(=O)(O)OCC[N+](C)(C)C)NC(=O)CCCCCCCCCCCCCCC/C=C/CCCCCCCC. The van der Waals surface area contributed by atoms with Crippen LogP contribution in [0.4, 0.5) is 0 Å². The Morgan fingerprint density at radius 3 is 1.31 bits per heavy atom. The highest BCUT2D eigenvalue weighted by Gasteiger charge is 2.30. The fourth-order valence-electron chi connectivity index (χ4n) is 9.11. The number of amides is 1. The summed E-state index contributed by atoms with van der Waals surface area (Å²) < 4.78 is 30.7. The normalized spacial score (nSPS) is 14.1. The minimum atomic E-state index is -4.45. The van der Waals surface area contributed by atoms with Crippen molar-refractivity contribution in [1.29, 1.82) is 0 Å². The quantitative estimate of drug-likeness (QED) is 0.0156. The lowest BCUT2D eigenvalue weighted by atomic mass is 10.0. The van der Waals surface area contributed by atoms with Gasteiger partial charge in [-0.25, -0.2) is 4.57 Å². The van der Waals surface area contributed by atoms with E-state index in [-0.39, 0.29) is 31.5 Å². The van der Waals surface area contributed by atoms with Crippen LogP contribution in [0.1, 0.15) is 290 Å². The molecule has 0 spiro atoms. The smallest absolute Gasteiger partial charge is 0.456 e. The van der Waals surface area contributed by atoms with Gasteiger partial charge in [0.15, 0.2) is 0 Å². The molecule has 0 rings (SSSR count). The molecule has 75 heavy (non-hydrogen) atoms. The Kier molecular flexibility index (Phi) is 53.4. The summed E-state index contributed by atoms with van der Waals surface area (Å²) in [5, 5.41) is 3.06. The van der Waals surface area contributed by atoms with Gasteiger partial charge in [0.1, 0.15) is 19.3 Å². The number of likely N-dealkylation sites (N-methyl/N-ethyl adjacent to an activating group) is 1. The molecule has 3 unspecified atom stereocenters. The molecule has 438 valence electrons. The molecule has 0 bridgehead atoms. The lowest BCUT2D eigenvalue weighted by molar-refractivity contribution is -0.870. The number of allylic oxidation sites excluding steroid dienone is 9. The fraction of sp³-hybridized carbons (Fsp3) is 0.815. The van der Waals surface area contributed by atoms with Crippen LogP contribution in [0.25, 0.3) is 0 Å². The molecule has 0 aliphatic rings. The standard InChI is InChI=1S/C65H121N2O7P/c1-7-10-13-16-19-22-25-27-29-30-31-32-33-34-35-36-38-39-42-45-48-51-54-57-64(68)66-62(61-73-75(70,71)72-60-59-67(4,5)6)63(56-53-50-47-44-41-24-21-18-15-12-9-3)74-65(69)58-55-52-49-46-43-40-37-28-26-23-20-17-14-11-8-2/h11,14,17,20,23,26-27,29,53,56,62-63H,7-10,12-13,15-16,18-19,21-22,24-25,28,30-52,54-55,57-61H2,1-6H3,(H-,66,68,70,71)/p+1/b14-11+,20-17+,26-23+,29-27+,56-53-. The number of carbonyl (C=O) groups is 2. The molecule has 0 fully saturated rings. The number of phosphoric acid groups is 1. The van der Waals surface area contributed by atoms with Crippen molar-refractivity contribution in [3.05, 3.63) is 60.8 Å². The molecule has 10 heteroatoms. The summed E-state index contributed by atoms with van der Waals surface area (Å²) in [6.45, 7) is 6.88. The molecule has 0 aliphatic heterocycles. The second-order valence-corrected chi connectivity index (χ2v) is 24.1. The van der Waals surface area contributed by atoms with E-state index in [1.807, 2.05) is 33.3 Å². The van der Waals surface area contributed by atoms with Gasteiger partial charge in [0.2, 0.25) is 5.91 Å². The molecule has 0 aliphatic carbocycles. The Morgan fingerprint density at radius 2 is 0.867 bits per heavy atom. The zero-order valence-corrected chi connectivity index (χ0v) is 50.9. The summed E-state index contributed by atoms with van der Waals surface area (Å²) in [6, 6.07) is -0.853. The first kappa shape index (κ1) is 72.7. The molecule has 0 saturated carbocycles. The summed E-state index contributed by atoms with van der Waals surface area (Å²) in [5.41, 5.74) is 0. The molecule has 1 amide bonds. The van der Waals surface area contributed by atoms with Gasteiger partial charge in [-0.2, -0.15) is 0 Å². The first-order valence-electron chi connectivity index (χ1n) is 31.6. The number of esters is 1. The molecule has 3 atom stereocenters. The van der Waals surface area contributed by atoms with E-state index in [1.54, 1.807) is 0 Å². The molecule has 0 heterocycles. The van der Waals surface area contributed by atoms with E-state index in [2.05, 4.69) is 74.7 Å². The minimum Gasteiger partial charge on any atom is -0.456 e. The lowest BCUT2D eigenvalue weighted by Crippen LogP contribution is -2.47. The molecule has 0 radical (unpaired) electrons. The Bertz CT molecular complexity index is 1470. The van der Waals surface area contributed by atoms with Crippen LogP contribution in [0.5, 0.6) is 0 Å². The third-order valence-electron chi connectivity index (χ3n) is 14.0. The van der Waals surface area contributed by atoms with E-state index in [1.165, 1.54) is 180 Å². The van der Waals surface area contributed by atoms with Crippen molar-refractivity contribution in [2.75, 3.05) is 40.9 Å². The number of unbranched alkanes of at least 4 members (excludes halogenated alkanes) is 35. The molecule has 0 saturated heterocycles. The van der Waals surface area contributed by atoms with E-state index < -0.39 is 20.0 Å². The van der Waals surface area contributed by atoms with Crippen molar-refractivity contribution >= 4 is 19.7 Å². The first-order chi connectivity index (χ1) is 36.4. The second-order valence-electron chi connectivity index (χ2n) is 22.6. The average molecular weight is 1070 g/mol. The van der Waals surface area contributed by atoms with Gasteiger partial charge < -0.3 is 19.4 Å². The first-order valence-corrected chi connectivity index (χ1v) is 33.1. The number of rotatable bonds is 57. The van der Waals surface area contributed by atoms with Gasteiger partial charge in [-0.05, 0) is 76.7 Å². The Balaban J connectivity index is 5.12. The van der Waals surface area contributed by atoms with Gasteiger partial charge in [0, 0.05) is 12.8 Å². The molecule has 0 aromatic heterocycles. The summed E-state index contributed by atoms with van der Waals surface area (Å²) in [7, 11) is 1.49. The van der Waals surface area contributed by atoms with Crippen molar-refractivity contribution in [2.24, 2.45) is 0 Å². The number of nitrogens with one attached hydrogen (secondary N) is 1. The van der Waals surface area contributed by atoms with Crippen LogP contribution < -0.4 is 5.32 Å². The highest BCUT2D eigenvalue weighted by Crippen LogP contribution is 2.43. The zero-order chi connectivity index (χ0) is 55.0. The number of nitrogens with zero attached hydrogens (tertiary/aromatic N) is 1. The number of ether oxygens (including phenoxy) is 1. The van der Waals surface area contributed by atoms with E-state index in [4.69, 9.17) is 13.8 Å². The molecular weight excluding hydrogens is 952 g/mol. The number of phosphoric ester groups is 1. The van der Waals surface area contributed by atoms with Gasteiger partial charge in [-0.1, -0.05) is 262 Å². The maximum Gasteiger partial charge on any atom is 0.472 e. The molecule has 0 aromatic rings. The predicted molar refractivity (Wildman–Crippen MR) is 323 cm³/mol. The second kappa shape index (κ2) is 55.0. The third kappa shape index (κ3) is 56.2. The maximum absolute atomic E-state index is 13.5. The van der Waals surface area contributed by atoms with Gasteiger partial charge in [-0.3, -0.25) is 18.6 Å². The van der Waals surface area contributed by atoms with Gasteiger partial charge in [0.05, 0.1) is 33.8 Å². The van der Waals surface area contributed by atoms with Crippen LogP contribution in [0, 0.1) is 0 Å². The van der Waals surface area contributed by atoms with Crippen molar-refractivity contribution < 1.29 is 37.3 Å². The van der Waals surface area contributed by atoms with Crippen LogP contribution in [0.2, 0.25) is 0 Å². The van der Waals surface area contributed by atoms with E-state index in [0.29, 0.717) is 17.4 Å². The van der Waals surface area contributed by atoms with Gasteiger partial charge in [0.25, 0.3) is 0 Å². The highest BCUT2D eigenvalue weighted by molar-refractivity contribution is 7.47. The predicted octanol–water partition coefficient (Wildman–Crippen LogP) is 19.4. The highest BCUT2D eigenvalue weighted by atomic mass is 31.2. The third-order valence-corrected chi connectivity index (χ3v) is 15.0. The van der Waals surface area contributed by atoms with Gasteiger partial charge >= 0.3 is 13.8 Å². The maximum atomic E-state index is 13.5. The lowest BCUT2D eigenvalue weighted by Gasteiger charge is -2.27. The van der Waals surface area contributed by atoms with Gasteiger partial charge in [-0.15, -0.1) is 0 Å². The molecule has 0 aromatic carbocycles. The number of quaternary nitrogens is 1. The Morgan fingerprint density at radius 1 is 0.480 bits per heavy atom. The molecule has 2 N–H and O–H groups in total. The van der Waals surface area contributed by atoms with Crippen molar-refractivity contribution in [1.82, 2.24) is 5.32 Å². The van der Waals surface area contributed by atoms with E-state index >= 15 is 0 Å². The van der Waals surface area contributed by atoms with Crippen molar-refractivity contribution in [3.63, 3.8) is 0 Å². The van der Waals surface area contributed by atoms with Crippen LogP contribution in [-0.2, 0) is 27.9 Å². The average Bonchev–Trinajstić information content (AvgIpc) is 3.37. The van der Waals surface area contributed by atoms with Crippen molar-refractivity contribution in [2.45, 2.75) is 303 Å². The van der Waals surface area contributed by atoms with Crippen LogP contribution in [0.15, 0.2) is 60.8 Å². The van der Waals surface area contributed by atoms with E-state index in [0.717, 1.165) is 77.0 Å². The largest absolute Gasteiger partial charge is 0.472 e. The zero-order valence-electron chi connectivity index (χ0n) is 50.0. The molecular formula is C65H122N2O7P+. The number of hydrogen-bond donors (Lipinski definition) is 2. The van der Waals surface area contributed by atoms with E-state index in [9.17, 15) is 19.0 Å². The summed E-state index contributed by atoms with van der Waals surface area (Å²) in [6.07, 6.45) is 69.4. The number of hydrogen-bond acceptors (Lipinski definition) is 6. The Hall–Kier alpha value is -2.29. The van der Waals surface area contributed by atoms with Crippen LogP contribution in [0.3, 0.4) is 0 Å². The fourth-order valence-corrected chi connectivity index (χ4v) is 9.85. The van der Waals surface area contributed by atoms with Crippen molar-refractivity contribution in [3.8, 4) is 0 Å². The van der Waals surface area contributed by atoms with Crippen LogP contribution in [-0.4, -0.2) is 74.3 Å². The minimum absolute atomic E-state index is 0.0375. The monoisotopic (exact) mass is 1070 g/mol. The Labute approximate surface area is 464 Å². The summed E-state index contributed by atoms with van der Waals surface area (Å²) in [4.78, 5) is 37.7. The number of carbonyl (C=O) groups excluding carboxylic acids is 2. The molecule has 9 nitrogen and oxygen atoms in total. The topological polar surface area (TPSA) is 111 Å². The summed E-state index contributed by atoms with van der Waals surface area (Å²) >= 11 is 0. The summed E-state index contributed by atoms with van der Waals surface area (Å²) in [5.74, 6) is -0.514. The van der Waals surface area contributed by atoms with Crippen LogP contribution >= 0.6 is 7.82 Å².